The Labute approximate surface area is 96.5 Å². The molecule has 0 aliphatic carbocycles. The Morgan fingerprint density at radius 1 is 1.69 bits per heavy atom. The molecule has 1 aromatic rings. The van der Waals surface area contributed by atoms with Gasteiger partial charge in [0.15, 0.2) is 0 Å². The summed E-state index contributed by atoms with van der Waals surface area (Å²) in [5.41, 5.74) is 0. The van der Waals surface area contributed by atoms with E-state index >= 15 is 0 Å². The zero-order valence-electron chi connectivity index (χ0n) is 10.4. The number of carbonyl (C=O) groups excluding carboxylic acids is 1. The summed E-state index contributed by atoms with van der Waals surface area (Å²) >= 11 is 0. The van der Waals surface area contributed by atoms with Crippen LogP contribution in [0.3, 0.4) is 0 Å². The number of carbonyl (C=O) groups is 1. The second kappa shape index (κ2) is 5.65. The van der Waals surface area contributed by atoms with E-state index in [1.807, 2.05) is 31.7 Å². The van der Waals surface area contributed by atoms with Gasteiger partial charge >= 0.3 is 0 Å². The standard InChI is InChI=1S/C11H20N4O/c1-5-14(3)11(16)9(2)13-8-10-12-6-7-15(10)4/h6-7,9,13H,5,8H2,1-4H3. The average molecular weight is 224 g/mol. The monoisotopic (exact) mass is 224 g/mol. The van der Waals surface area contributed by atoms with E-state index in [-0.39, 0.29) is 11.9 Å². The van der Waals surface area contributed by atoms with Crippen LogP contribution in [-0.4, -0.2) is 40.0 Å². The van der Waals surface area contributed by atoms with E-state index in [0.29, 0.717) is 6.54 Å². The summed E-state index contributed by atoms with van der Waals surface area (Å²) in [6, 6.07) is -0.179. The van der Waals surface area contributed by atoms with Gasteiger partial charge in [0.1, 0.15) is 5.82 Å². The van der Waals surface area contributed by atoms with E-state index in [0.717, 1.165) is 12.4 Å². The molecule has 1 amide bonds. The number of nitrogens with zero attached hydrogens (tertiary/aromatic N) is 3. The molecule has 0 saturated heterocycles. The second-order valence-corrected chi connectivity index (χ2v) is 3.91. The summed E-state index contributed by atoms with van der Waals surface area (Å²) in [6.45, 7) is 5.17. The molecule has 0 bridgehead atoms. The van der Waals surface area contributed by atoms with Crippen LogP contribution < -0.4 is 5.32 Å². The summed E-state index contributed by atoms with van der Waals surface area (Å²) in [6.07, 6.45) is 3.64. The Kier molecular flexibility index (Phi) is 4.49. The minimum Gasteiger partial charge on any atom is -0.345 e. The number of hydrogen-bond donors (Lipinski definition) is 1. The number of amides is 1. The van der Waals surface area contributed by atoms with Crippen molar-refractivity contribution in [2.24, 2.45) is 7.05 Å². The number of rotatable bonds is 5. The van der Waals surface area contributed by atoms with Gasteiger partial charge in [-0.25, -0.2) is 4.98 Å². The zero-order valence-corrected chi connectivity index (χ0v) is 10.4. The molecule has 0 radical (unpaired) electrons. The summed E-state index contributed by atoms with van der Waals surface area (Å²) in [5, 5.41) is 3.17. The maximum absolute atomic E-state index is 11.8. The molecule has 0 fully saturated rings. The summed E-state index contributed by atoms with van der Waals surface area (Å²) in [5.74, 6) is 1.04. The van der Waals surface area contributed by atoms with Crippen LogP contribution in [0.5, 0.6) is 0 Å². The molecule has 1 heterocycles. The topological polar surface area (TPSA) is 50.2 Å². The molecule has 0 spiro atoms. The predicted molar refractivity (Wildman–Crippen MR) is 62.8 cm³/mol. The lowest BCUT2D eigenvalue weighted by Crippen LogP contribution is -2.42. The first-order valence-electron chi connectivity index (χ1n) is 5.50. The fraction of sp³-hybridized carbons (Fsp3) is 0.636. The molecule has 1 unspecified atom stereocenters. The molecule has 90 valence electrons. The molecule has 0 saturated carbocycles. The molecule has 1 aromatic heterocycles. The van der Waals surface area contributed by atoms with Gasteiger partial charge in [-0.1, -0.05) is 0 Å². The minimum atomic E-state index is -0.179. The van der Waals surface area contributed by atoms with Crippen molar-refractivity contribution in [3.8, 4) is 0 Å². The lowest BCUT2D eigenvalue weighted by molar-refractivity contribution is -0.131. The van der Waals surface area contributed by atoms with Gasteiger partial charge in [-0.05, 0) is 13.8 Å². The number of hydrogen-bond acceptors (Lipinski definition) is 3. The van der Waals surface area contributed by atoms with Gasteiger partial charge in [-0.15, -0.1) is 0 Å². The van der Waals surface area contributed by atoms with Gasteiger partial charge in [-0.3, -0.25) is 10.1 Å². The molecular weight excluding hydrogens is 204 g/mol. The van der Waals surface area contributed by atoms with Gasteiger partial charge in [-0.2, -0.15) is 0 Å². The maximum Gasteiger partial charge on any atom is 0.239 e. The highest BCUT2D eigenvalue weighted by atomic mass is 16.2. The maximum atomic E-state index is 11.8. The SMILES string of the molecule is CCN(C)C(=O)C(C)NCc1nccn1C. The van der Waals surface area contributed by atoms with Crippen LogP contribution in [-0.2, 0) is 18.4 Å². The third-order valence-corrected chi connectivity index (χ3v) is 2.71. The molecule has 1 atom stereocenters. The highest BCUT2D eigenvalue weighted by molar-refractivity contribution is 5.81. The van der Waals surface area contributed by atoms with E-state index in [1.54, 1.807) is 18.1 Å². The number of likely N-dealkylation sites (N-methyl/N-ethyl adjacent to an activating group) is 1. The molecule has 5 nitrogen and oxygen atoms in total. The smallest absolute Gasteiger partial charge is 0.239 e. The second-order valence-electron chi connectivity index (χ2n) is 3.91. The Morgan fingerprint density at radius 3 is 2.88 bits per heavy atom. The Bertz CT molecular complexity index is 348. The van der Waals surface area contributed by atoms with Crippen molar-refractivity contribution in [1.29, 1.82) is 0 Å². The molecular formula is C11H20N4O. The molecule has 5 heteroatoms. The van der Waals surface area contributed by atoms with Crippen molar-refractivity contribution < 1.29 is 4.79 Å². The Balaban J connectivity index is 2.44. The highest BCUT2D eigenvalue weighted by Crippen LogP contribution is 1.96. The number of aryl methyl sites for hydroxylation is 1. The first kappa shape index (κ1) is 12.7. The average Bonchev–Trinajstić information content (AvgIpc) is 2.69. The lowest BCUT2D eigenvalue weighted by atomic mass is 10.3. The van der Waals surface area contributed by atoms with Gasteiger partial charge in [0.05, 0.1) is 12.6 Å². The first-order valence-corrected chi connectivity index (χ1v) is 5.50. The third kappa shape index (κ3) is 3.06. The molecule has 0 aliphatic heterocycles. The van der Waals surface area contributed by atoms with Crippen molar-refractivity contribution in [1.82, 2.24) is 19.8 Å². The Hall–Kier alpha value is -1.36. The van der Waals surface area contributed by atoms with E-state index in [1.165, 1.54) is 0 Å². The van der Waals surface area contributed by atoms with Crippen molar-refractivity contribution in [2.75, 3.05) is 13.6 Å². The molecule has 1 N–H and O–H groups in total. The number of nitrogens with one attached hydrogen (secondary N) is 1. The van der Waals surface area contributed by atoms with E-state index in [9.17, 15) is 4.79 Å². The van der Waals surface area contributed by atoms with Crippen molar-refractivity contribution in [3.63, 3.8) is 0 Å². The molecule has 0 aliphatic rings. The van der Waals surface area contributed by atoms with E-state index in [2.05, 4.69) is 10.3 Å². The van der Waals surface area contributed by atoms with Crippen LogP contribution in [0, 0.1) is 0 Å². The first-order chi connectivity index (χ1) is 7.56. The lowest BCUT2D eigenvalue weighted by Gasteiger charge is -2.20. The Morgan fingerprint density at radius 2 is 2.38 bits per heavy atom. The number of aromatic nitrogens is 2. The normalized spacial score (nSPS) is 12.5. The molecule has 0 aromatic carbocycles. The summed E-state index contributed by atoms with van der Waals surface area (Å²) in [4.78, 5) is 17.6. The van der Waals surface area contributed by atoms with Crippen LogP contribution in [0.4, 0.5) is 0 Å². The fourth-order valence-electron chi connectivity index (χ4n) is 1.38. The minimum absolute atomic E-state index is 0.108. The molecule has 16 heavy (non-hydrogen) atoms. The van der Waals surface area contributed by atoms with Gasteiger partial charge < -0.3 is 9.47 Å². The van der Waals surface area contributed by atoms with Crippen LogP contribution in [0.2, 0.25) is 0 Å². The summed E-state index contributed by atoms with van der Waals surface area (Å²) in [7, 11) is 3.75. The van der Waals surface area contributed by atoms with E-state index in [4.69, 9.17) is 0 Å². The van der Waals surface area contributed by atoms with Crippen molar-refractivity contribution in [2.45, 2.75) is 26.4 Å². The van der Waals surface area contributed by atoms with Crippen molar-refractivity contribution >= 4 is 5.91 Å². The molecule has 1 rings (SSSR count). The third-order valence-electron chi connectivity index (χ3n) is 2.71. The van der Waals surface area contributed by atoms with Crippen LogP contribution in [0.1, 0.15) is 19.7 Å². The van der Waals surface area contributed by atoms with Crippen LogP contribution in [0.25, 0.3) is 0 Å². The van der Waals surface area contributed by atoms with Crippen molar-refractivity contribution in [3.05, 3.63) is 18.2 Å². The van der Waals surface area contributed by atoms with E-state index < -0.39 is 0 Å². The van der Waals surface area contributed by atoms with Crippen LogP contribution >= 0.6 is 0 Å². The predicted octanol–water partition coefficient (Wildman–Crippen LogP) is 0.376. The largest absolute Gasteiger partial charge is 0.345 e. The van der Waals surface area contributed by atoms with Gasteiger partial charge in [0, 0.05) is 33.0 Å². The quantitative estimate of drug-likeness (QED) is 0.786. The van der Waals surface area contributed by atoms with Gasteiger partial charge in [0.2, 0.25) is 5.91 Å². The zero-order chi connectivity index (χ0) is 12.1. The van der Waals surface area contributed by atoms with Gasteiger partial charge in [0.25, 0.3) is 0 Å². The highest BCUT2D eigenvalue weighted by Gasteiger charge is 2.15. The van der Waals surface area contributed by atoms with Crippen LogP contribution in [0.15, 0.2) is 12.4 Å². The summed E-state index contributed by atoms with van der Waals surface area (Å²) < 4.78 is 1.94. The number of imidazole rings is 1. The fourth-order valence-corrected chi connectivity index (χ4v) is 1.38.